The molecule has 0 amide bonds. The van der Waals surface area contributed by atoms with Crippen LogP contribution in [-0.2, 0) is 4.79 Å². The van der Waals surface area contributed by atoms with E-state index in [1.165, 1.54) is 30.4 Å². The van der Waals surface area contributed by atoms with E-state index in [-0.39, 0.29) is 5.69 Å². The quantitative estimate of drug-likeness (QED) is 0.603. The van der Waals surface area contributed by atoms with Gasteiger partial charge >= 0.3 is 5.97 Å². The summed E-state index contributed by atoms with van der Waals surface area (Å²) in [6.45, 7) is 0. The Morgan fingerprint density at radius 3 is 2.88 bits per heavy atom. The van der Waals surface area contributed by atoms with Gasteiger partial charge in [0.25, 0.3) is 5.69 Å². The fourth-order valence-corrected chi connectivity index (χ4v) is 1.39. The van der Waals surface area contributed by atoms with Crippen LogP contribution in [0, 0.1) is 10.1 Å². The summed E-state index contributed by atoms with van der Waals surface area (Å²) in [5, 5.41) is 19.2. The average molecular weight is 221 g/mol. The summed E-state index contributed by atoms with van der Waals surface area (Å²) in [4.78, 5) is 20.6. The number of non-ortho nitro benzene ring substituents is 1. The van der Waals surface area contributed by atoms with Crippen molar-refractivity contribution in [3.63, 3.8) is 0 Å². The number of nitrogens with zero attached hydrogens (tertiary/aromatic N) is 1. The molecule has 0 aromatic heterocycles. The van der Waals surface area contributed by atoms with Crippen LogP contribution in [-0.4, -0.2) is 22.1 Å². The van der Waals surface area contributed by atoms with Crippen LogP contribution in [0.2, 0.25) is 0 Å². The first-order valence-corrected chi connectivity index (χ1v) is 4.44. The molecule has 0 radical (unpaired) electrons. The first kappa shape index (κ1) is 10.2. The smallest absolute Gasteiger partial charge is 0.349 e. The number of hydrogen-bond acceptors (Lipinski definition) is 4. The minimum Gasteiger partial charge on any atom is -0.478 e. The van der Waals surface area contributed by atoms with E-state index < -0.39 is 17.0 Å². The highest BCUT2D eigenvalue weighted by molar-refractivity contribution is 5.79. The molecule has 0 saturated carbocycles. The maximum absolute atomic E-state index is 10.7. The lowest BCUT2D eigenvalue weighted by Crippen LogP contribution is -2.26. The molecule has 2 rings (SSSR count). The van der Waals surface area contributed by atoms with E-state index in [1.54, 1.807) is 0 Å². The number of ether oxygens (including phenoxy) is 1. The zero-order chi connectivity index (χ0) is 11.7. The van der Waals surface area contributed by atoms with Crippen molar-refractivity contribution < 1.29 is 19.6 Å². The Balaban J connectivity index is 2.36. The molecule has 0 saturated heterocycles. The van der Waals surface area contributed by atoms with Crippen molar-refractivity contribution in [2.75, 3.05) is 0 Å². The second kappa shape index (κ2) is 3.65. The molecule has 1 aromatic rings. The van der Waals surface area contributed by atoms with Gasteiger partial charge in [0.2, 0.25) is 6.10 Å². The van der Waals surface area contributed by atoms with E-state index in [0.717, 1.165) is 0 Å². The van der Waals surface area contributed by atoms with Crippen LogP contribution in [0.15, 0.2) is 24.3 Å². The van der Waals surface area contributed by atoms with Crippen molar-refractivity contribution in [3.05, 3.63) is 40.0 Å². The first-order valence-electron chi connectivity index (χ1n) is 4.44. The number of benzene rings is 1. The highest BCUT2D eigenvalue weighted by atomic mass is 16.6. The number of nitro groups is 1. The van der Waals surface area contributed by atoms with Crippen LogP contribution in [0.1, 0.15) is 5.56 Å². The predicted octanol–water partition coefficient (Wildman–Crippen LogP) is 1.45. The van der Waals surface area contributed by atoms with Crippen LogP contribution >= 0.6 is 0 Å². The molecule has 1 heterocycles. The van der Waals surface area contributed by atoms with E-state index in [9.17, 15) is 14.9 Å². The Kier molecular flexibility index (Phi) is 2.32. The average Bonchev–Trinajstić information content (AvgIpc) is 2.27. The molecule has 6 nitrogen and oxygen atoms in total. The number of carboxylic acids is 1. The third-order valence-corrected chi connectivity index (χ3v) is 2.15. The second-order valence-electron chi connectivity index (χ2n) is 3.22. The summed E-state index contributed by atoms with van der Waals surface area (Å²) in [5.74, 6) is -0.763. The fraction of sp³-hybridized carbons (Fsp3) is 0.100. The van der Waals surface area contributed by atoms with Crippen molar-refractivity contribution >= 4 is 17.7 Å². The molecule has 82 valence electrons. The van der Waals surface area contributed by atoms with E-state index in [0.29, 0.717) is 11.3 Å². The molecule has 1 unspecified atom stereocenters. The third kappa shape index (κ3) is 1.72. The van der Waals surface area contributed by atoms with Crippen molar-refractivity contribution in [1.29, 1.82) is 0 Å². The molecule has 1 aromatic carbocycles. The SMILES string of the molecule is O=C(O)C1C=Cc2cc([N+](=O)[O-])ccc2O1. The Morgan fingerprint density at radius 1 is 1.50 bits per heavy atom. The standard InChI is InChI=1S/C10H7NO5/c12-10(13)9-3-1-6-5-7(11(14)15)2-4-8(6)16-9/h1-5,9H,(H,12,13). The Labute approximate surface area is 89.9 Å². The van der Waals surface area contributed by atoms with Crippen molar-refractivity contribution in [3.8, 4) is 5.75 Å². The molecular weight excluding hydrogens is 214 g/mol. The topological polar surface area (TPSA) is 89.7 Å². The van der Waals surface area contributed by atoms with E-state index >= 15 is 0 Å². The Bertz CT molecular complexity index is 494. The van der Waals surface area contributed by atoms with Gasteiger partial charge in [-0.05, 0) is 12.1 Å². The number of carbonyl (C=O) groups is 1. The van der Waals surface area contributed by atoms with E-state index in [2.05, 4.69) is 0 Å². The molecular formula is C10H7NO5. The minimum absolute atomic E-state index is 0.0548. The second-order valence-corrected chi connectivity index (χ2v) is 3.22. The van der Waals surface area contributed by atoms with Gasteiger partial charge in [0.05, 0.1) is 4.92 Å². The molecule has 0 fully saturated rings. The van der Waals surface area contributed by atoms with Gasteiger partial charge in [-0.1, -0.05) is 6.08 Å². The lowest BCUT2D eigenvalue weighted by molar-refractivity contribution is -0.384. The Morgan fingerprint density at radius 2 is 2.25 bits per heavy atom. The van der Waals surface area contributed by atoms with Crippen LogP contribution in [0.3, 0.4) is 0 Å². The summed E-state index contributed by atoms with van der Waals surface area (Å²) >= 11 is 0. The van der Waals surface area contributed by atoms with Crippen LogP contribution in [0.5, 0.6) is 5.75 Å². The maximum atomic E-state index is 10.7. The van der Waals surface area contributed by atoms with Crippen LogP contribution in [0.4, 0.5) is 5.69 Å². The largest absolute Gasteiger partial charge is 0.478 e. The van der Waals surface area contributed by atoms with Gasteiger partial charge in [-0.3, -0.25) is 10.1 Å². The lowest BCUT2D eigenvalue weighted by atomic mass is 10.1. The summed E-state index contributed by atoms with van der Waals surface area (Å²) in [7, 11) is 0. The number of aliphatic carboxylic acids is 1. The van der Waals surface area contributed by atoms with Gasteiger partial charge in [0.15, 0.2) is 0 Å². The summed E-state index contributed by atoms with van der Waals surface area (Å²) < 4.78 is 5.12. The molecule has 6 heteroatoms. The van der Waals surface area contributed by atoms with Gasteiger partial charge in [-0.2, -0.15) is 0 Å². The third-order valence-electron chi connectivity index (χ3n) is 2.15. The Hall–Kier alpha value is -2.37. The molecule has 1 aliphatic rings. The number of rotatable bonds is 2. The summed E-state index contributed by atoms with van der Waals surface area (Å²) in [6, 6.07) is 4.01. The monoisotopic (exact) mass is 221 g/mol. The maximum Gasteiger partial charge on any atom is 0.349 e. The molecule has 1 N–H and O–H groups in total. The molecule has 1 atom stereocenters. The summed E-state index contributed by atoms with van der Waals surface area (Å²) in [6.07, 6.45) is 1.81. The van der Waals surface area contributed by atoms with Gasteiger partial charge < -0.3 is 9.84 Å². The molecule has 0 aliphatic carbocycles. The van der Waals surface area contributed by atoms with Gasteiger partial charge in [-0.15, -0.1) is 0 Å². The zero-order valence-electron chi connectivity index (χ0n) is 7.99. The minimum atomic E-state index is -1.10. The predicted molar refractivity (Wildman–Crippen MR) is 54.2 cm³/mol. The fourth-order valence-electron chi connectivity index (χ4n) is 1.39. The highest BCUT2D eigenvalue weighted by Crippen LogP contribution is 2.29. The van der Waals surface area contributed by atoms with Gasteiger partial charge in [0.1, 0.15) is 5.75 Å². The van der Waals surface area contributed by atoms with Crippen molar-refractivity contribution in [2.45, 2.75) is 6.10 Å². The molecule has 1 aliphatic heterocycles. The number of fused-ring (bicyclic) bond motifs is 1. The first-order chi connectivity index (χ1) is 7.58. The van der Waals surface area contributed by atoms with Crippen LogP contribution < -0.4 is 4.74 Å². The normalized spacial score (nSPS) is 17.4. The van der Waals surface area contributed by atoms with Gasteiger partial charge in [0, 0.05) is 17.7 Å². The van der Waals surface area contributed by atoms with E-state index in [4.69, 9.17) is 9.84 Å². The van der Waals surface area contributed by atoms with E-state index in [1.807, 2.05) is 0 Å². The van der Waals surface area contributed by atoms with Crippen molar-refractivity contribution in [1.82, 2.24) is 0 Å². The molecule has 0 bridgehead atoms. The van der Waals surface area contributed by atoms with Crippen molar-refractivity contribution in [2.24, 2.45) is 0 Å². The lowest BCUT2D eigenvalue weighted by Gasteiger charge is -2.17. The zero-order valence-corrected chi connectivity index (χ0v) is 7.99. The molecule has 0 spiro atoms. The van der Waals surface area contributed by atoms with Gasteiger partial charge in [-0.25, -0.2) is 4.79 Å². The summed E-state index contributed by atoms with van der Waals surface area (Å²) in [5.41, 5.74) is 0.451. The number of nitro benzene ring substituents is 1. The number of hydrogen-bond donors (Lipinski definition) is 1. The van der Waals surface area contributed by atoms with Crippen LogP contribution in [0.25, 0.3) is 6.08 Å². The highest BCUT2D eigenvalue weighted by Gasteiger charge is 2.22. The number of carboxylic acid groups (broad SMARTS) is 1. The molecule has 16 heavy (non-hydrogen) atoms.